The third-order valence-corrected chi connectivity index (χ3v) is 8.64. The normalized spacial score (nSPS) is 12.4. The molecule has 3 aromatic heterocycles. The molecule has 0 saturated carbocycles. The van der Waals surface area contributed by atoms with Crippen LogP contribution in [0.25, 0.3) is 21.3 Å². The van der Waals surface area contributed by atoms with Gasteiger partial charge in [0, 0.05) is 25.0 Å². The third-order valence-electron chi connectivity index (χ3n) is 4.76. The predicted molar refractivity (Wildman–Crippen MR) is 117 cm³/mol. The van der Waals surface area contributed by atoms with Gasteiger partial charge in [-0.1, -0.05) is 13.8 Å². The molecule has 7 nitrogen and oxygen atoms in total. The highest BCUT2D eigenvalue weighted by Crippen LogP contribution is 2.34. The second kappa shape index (κ2) is 8.02. The molecule has 0 atom stereocenters. The molecule has 0 bridgehead atoms. The Labute approximate surface area is 177 Å². The smallest absolute Gasteiger partial charge is 0.243 e. The van der Waals surface area contributed by atoms with Gasteiger partial charge in [0.1, 0.15) is 16.2 Å². The van der Waals surface area contributed by atoms with E-state index in [0.29, 0.717) is 18.6 Å². The highest BCUT2D eigenvalue weighted by atomic mass is 32.2. The van der Waals surface area contributed by atoms with Crippen LogP contribution in [0.3, 0.4) is 0 Å². The summed E-state index contributed by atoms with van der Waals surface area (Å²) in [5.74, 6) is 0. The average Bonchev–Trinajstić information content (AvgIpc) is 3.32. The number of thiophene rings is 1. The fourth-order valence-corrected chi connectivity index (χ4v) is 6.58. The lowest BCUT2D eigenvalue weighted by molar-refractivity contribution is 0.445. The molecule has 3 heterocycles. The third kappa shape index (κ3) is 3.54. The maximum Gasteiger partial charge on any atom is 0.243 e. The van der Waals surface area contributed by atoms with Gasteiger partial charge in [-0.05, 0) is 48.3 Å². The summed E-state index contributed by atoms with van der Waals surface area (Å²) in [5, 5.41) is 4.63. The lowest BCUT2D eigenvalue weighted by Gasteiger charge is -2.18. The summed E-state index contributed by atoms with van der Waals surface area (Å²) in [6.07, 6.45) is 1.56. The first-order chi connectivity index (χ1) is 14.0. The van der Waals surface area contributed by atoms with Gasteiger partial charge in [0.25, 0.3) is 0 Å². The van der Waals surface area contributed by atoms with E-state index in [1.54, 1.807) is 29.8 Å². The Balaban J connectivity index is 1.79. The molecule has 4 rings (SSSR count). The number of rotatable bonds is 7. The van der Waals surface area contributed by atoms with E-state index in [4.69, 9.17) is 4.98 Å². The van der Waals surface area contributed by atoms with Crippen LogP contribution in [0.1, 0.15) is 20.8 Å². The van der Waals surface area contributed by atoms with E-state index in [0.717, 1.165) is 32.5 Å². The van der Waals surface area contributed by atoms with Crippen molar-refractivity contribution in [1.82, 2.24) is 23.8 Å². The number of aromatic nitrogens is 4. The minimum atomic E-state index is -3.53. The predicted octanol–water partition coefficient (Wildman–Crippen LogP) is 4.24. The molecule has 0 aliphatic carbocycles. The summed E-state index contributed by atoms with van der Waals surface area (Å²) in [5.41, 5.74) is 1.57. The number of sulfonamides is 1. The number of imidazole rings is 1. The second-order valence-electron chi connectivity index (χ2n) is 6.30. The first kappa shape index (κ1) is 20.3. The molecule has 0 aliphatic rings. The van der Waals surface area contributed by atoms with Gasteiger partial charge in [0.05, 0.1) is 15.9 Å². The van der Waals surface area contributed by atoms with E-state index < -0.39 is 10.0 Å². The SMILES string of the molecule is CCN(CC)S(=O)(=O)c1ccc2c(c1)nc(Sc1ncnc3sccc13)n2CC. The summed E-state index contributed by atoms with van der Waals surface area (Å²) < 4.78 is 29.3. The largest absolute Gasteiger partial charge is 0.319 e. The Morgan fingerprint density at radius 2 is 1.93 bits per heavy atom. The first-order valence-electron chi connectivity index (χ1n) is 9.36. The average molecular weight is 448 g/mol. The molecule has 1 aromatic carbocycles. The van der Waals surface area contributed by atoms with Crippen LogP contribution in [-0.4, -0.2) is 45.3 Å². The molecule has 0 unspecified atom stereocenters. The fraction of sp³-hybridized carbons (Fsp3) is 0.316. The van der Waals surface area contributed by atoms with Crippen LogP contribution >= 0.6 is 23.1 Å². The van der Waals surface area contributed by atoms with Gasteiger partial charge in [0.15, 0.2) is 5.16 Å². The molecule has 10 heteroatoms. The van der Waals surface area contributed by atoms with Crippen LogP contribution in [0.15, 0.2) is 51.1 Å². The maximum atomic E-state index is 12.9. The van der Waals surface area contributed by atoms with Crippen molar-refractivity contribution >= 4 is 54.4 Å². The summed E-state index contributed by atoms with van der Waals surface area (Å²) >= 11 is 3.05. The molecule has 0 radical (unpaired) electrons. The molecule has 0 aliphatic heterocycles. The van der Waals surface area contributed by atoms with Crippen molar-refractivity contribution in [3.63, 3.8) is 0 Å². The number of benzene rings is 1. The summed E-state index contributed by atoms with van der Waals surface area (Å²) in [7, 11) is -3.53. The summed E-state index contributed by atoms with van der Waals surface area (Å²) in [6.45, 7) is 7.32. The van der Waals surface area contributed by atoms with E-state index in [1.165, 1.54) is 16.1 Å². The number of hydrogen-bond acceptors (Lipinski definition) is 7. The van der Waals surface area contributed by atoms with Gasteiger partial charge in [-0.15, -0.1) is 11.3 Å². The molecule has 0 saturated heterocycles. The van der Waals surface area contributed by atoms with Crippen molar-refractivity contribution < 1.29 is 8.42 Å². The zero-order chi connectivity index (χ0) is 20.6. The van der Waals surface area contributed by atoms with Gasteiger partial charge >= 0.3 is 0 Å². The van der Waals surface area contributed by atoms with Crippen molar-refractivity contribution in [2.24, 2.45) is 0 Å². The quantitative estimate of drug-likeness (QED) is 0.394. The zero-order valence-electron chi connectivity index (χ0n) is 16.4. The Hall–Kier alpha value is -2.01. The molecule has 152 valence electrons. The van der Waals surface area contributed by atoms with Crippen molar-refractivity contribution in [3.8, 4) is 0 Å². The number of fused-ring (bicyclic) bond motifs is 2. The summed E-state index contributed by atoms with van der Waals surface area (Å²) in [6, 6.07) is 7.18. The molecule has 0 N–H and O–H groups in total. The topological polar surface area (TPSA) is 81.0 Å². The van der Waals surface area contributed by atoms with Crippen LogP contribution in [0.5, 0.6) is 0 Å². The van der Waals surface area contributed by atoms with Gasteiger partial charge in [-0.25, -0.2) is 23.4 Å². The van der Waals surface area contributed by atoms with Crippen LogP contribution in [0.2, 0.25) is 0 Å². The van der Waals surface area contributed by atoms with Gasteiger partial charge in [-0.3, -0.25) is 0 Å². The molecule has 29 heavy (non-hydrogen) atoms. The Morgan fingerprint density at radius 3 is 2.66 bits per heavy atom. The zero-order valence-corrected chi connectivity index (χ0v) is 18.8. The number of aryl methyl sites for hydroxylation is 1. The van der Waals surface area contributed by atoms with Crippen LogP contribution < -0.4 is 0 Å². The Morgan fingerprint density at radius 1 is 1.14 bits per heavy atom. The second-order valence-corrected chi connectivity index (χ2v) is 10.1. The summed E-state index contributed by atoms with van der Waals surface area (Å²) in [4.78, 5) is 14.7. The number of hydrogen-bond donors (Lipinski definition) is 0. The van der Waals surface area contributed by atoms with E-state index in [-0.39, 0.29) is 4.90 Å². The highest BCUT2D eigenvalue weighted by Gasteiger charge is 2.23. The van der Waals surface area contributed by atoms with Crippen LogP contribution in [0.4, 0.5) is 0 Å². The van der Waals surface area contributed by atoms with Crippen LogP contribution in [-0.2, 0) is 16.6 Å². The van der Waals surface area contributed by atoms with Crippen molar-refractivity contribution in [1.29, 1.82) is 0 Å². The van der Waals surface area contributed by atoms with Gasteiger partial charge in [0.2, 0.25) is 10.0 Å². The lowest BCUT2D eigenvalue weighted by Crippen LogP contribution is -2.30. The fourth-order valence-electron chi connectivity index (χ4n) is 3.28. The highest BCUT2D eigenvalue weighted by molar-refractivity contribution is 7.99. The minimum Gasteiger partial charge on any atom is -0.319 e. The lowest BCUT2D eigenvalue weighted by atomic mass is 10.3. The molecule has 0 amide bonds. The van der Waals surface area contributed by atoms with E-state index in [9.17, 15) is 8.42 Å². The van der Waals surface area contributed by atoms with Crippen LogP contribution in [0, 0.1) is 0 Å². The van der Waals surface area contributed by atoms with Crippen molar-refractivity contribution in [3.05, 3.63) is 36.0 Å². The van der Waals surface area contributed by atoms with Crippen molar-refractivity contribution in [2.75, 3.05) is 13.1 Å². The van der Waals surface area contributed by atoms with E-state index in [1.807, 2.05) is 38.3 Å². The van der Waals surface area contributed by atoms with Gasteiger partial charge < -0.3 is 4.57 Å². The Kier molecular flexibility index (Phi) is 5.60. The van der Waals surface area contributed by atoms with Crippen molar-refractivity contribution in [2.45, 2.75) is 42.4 Å². The molecule has 0 fully saturated rings. The standard InChI is InChI=1S/C19H21N5O2S3/c1-4-23(5-2)29(25,26)13-7-8-16-15(11-13)22-19(24(16)6-3)28-18-14-9-10-27-17(14)20-12-21-18/h7-12H,4-6H2,1-3H3. The molecule has 4 aromatic rings. The van der Waals surface area contributed by atoms with E-state index >= 15 is 0 Å². The molecule has 0 spiro atoms. The van der Waals surface area contributed by atoms with E-state index in [2.05, 4.69) is 14.5 Å². The first-order valence-corrected chi connectivity index (χ1v) is 12.5. The number of nitrogens with zero attached hydrogens (tertiary/aromatic N) is 5. The minimum absolute atomic E-state index is 0.272. The molecular weight excluding hydrogens is 426 g/mol. The van der Waals surface area contributed by atoms with Gasteiger partial charge in [-0.2, -0.15) is 4.31 Å². The Bertz CT molecular complexity index is 1280. The molecular formula is C19H21N5O2S3. The maximum absolute atomic E-state index is 12.9. The monoisotopic (exact) mass is 447 g/mol.